The summed E-state index contributed by atoms with van der Waals surface area (Å²) < 4.78 is 6.16. The number of halogens is 1. The third-order valence-corrected chi connectivity index (χ3v) is 3.84. The van der Waals surface area contributed by atoms with Crippen molar-refractivity contribution in [1.29, 1.82) is 0 Å². The Labute approximate surface area is 126 Å². The van der Waals surface area contributed by atoms with Gasteiger partial charge in [-0.3, -0.25) is 4.79 Å². The molecule has 0 heterocycles. The zero-order chi connectivity index (χ0) is 14.7. The van der Waals surface area contributed by atoms with E-state index in [0.717, 1.165) is 5.56 Å². The smallest absolute Gasteiger partial charge is 0.197 e. The van der Waals surface area contributed by atoms with Crippen LogP contribution in [0.15, 0.2) is 40.9 Å². The summed E-state index contributed by atoms with van der Waals surface area (Å²) in [6, 6.07) is 10.9. The molecule has 20 heavy (non-hydrogen) atoms. The van der Waals surface area contributed by atoms with Gasteiger partial charge in [0.2, 0.25) is 0 Å². The Morgan fingerprint density at radius 3 is 2.70 bits per heavy atom. The molecule has 0 bridgehead atoms. The zero-order valence-corrected chi connectivity index (χ0v) is 13.0. The highest BCUT2D eigenvalue weighted by Crippen LogP contribution is 2.29. The van der Waals surface area contributed by atoms with Crippen molar-refractivity contribution in [2.75, 3.05) is 12.3 Å². The van der Waals surface area contributed by atoms with E-state index in [0.29, 0.717) is 33.6 Å². The molecule has 0 unspecified atom stereocenters. The van der Waals surface area contributed by atoms with E-state index in [9.17, 15) is 4.79 Å². The van der Waals surface area contributed by atoms with Crippen molar-refractivity contribution in [3.05, 3.63) is 57.6 Å². The number of nitrogen functional groups attached to an aromatic ring is 1. The molecule has 0 fully saturated rings. The van der Waals surface area contributed by atoms with Gasteiger partial charge in [0, 0.05) is 11.3 Å². The van der Waals surface area contributed by atoms with Crippen molar-refractivity contribution in [1.82, 2.24) is 0 Å². The van der Waals surface area contributed by atoms with Gasteiger partial charge in [0.1, 0.15) is 5.75 Å². The Kier molecular flexibility index (Phi) is 4.45. The van der Waals surface area contributed by atoms with Crippen molar-refractivity contribution in [2.24, 2.45) is 0 Å². The molecule has 2 aromatic rings. The maximum atomic E-state index is 12.7. The molecule has 0 saturated carbocycles. The van der Waals surface area contributed by atoms with E-state index < -0.39 is 0 Å². The number of aryl methyl sites for hydroxylation is 1. The second-order valence-corrected chi connectivity index (χ2v) is 5.26. The van der Waals surface area contributed by atoms with Crippen LogP contribution in [-0.4, -0.2) is 12.4 Å². The van der Waals surface area contributed by atoms with Gasteiger partial charge in [-0.2, -0.15) is 0 Å². The monoisotopic (exact) mass is 333 g/mol. The largest absolute Gasteiger partial charge is 0.493 e. The first kappa shape index (κ1) is 14.6. The Morgan fingerprint density at radius 1 is 1.25 bits per heavy atom. The Balaban J connectivity index is 2.52. The lowest BCUT2D eigenvalue weighted by atomic mass is 10.00. The summed E-state index contributed by atoms with van der Waals surface area (Å²) in [5, 5.41) is 0. The van der Waals surface area contributed by atoms with Gasteiger partial charge in [-0.25, -0.2) is 0 Å². The Morgan fingerprint density at radius 2 is 2.00 bits per heavy atom. The molecule has 4 heteroatoms. The number of hydrogen-bond donors (Lipinski definition) is 1. The minimum atomic E-state index is -0.101. The second-order valence-electron chi connectivity index (χ2n) is 4.47. The van der Waals surface area contributed by atoms with E-state index in [4.69, 9.17) is 10.5 Å². The maximum Gasteiger partial charge on any atom is 0.197 e. The predicted molar refractivity (Wildman–Crippen MR) is 84.3 cm³/mol. The molecule has 3 nitrogen and oxygen atoms in total. The molecule has 0 spiro atoms. The van der Waals surface area contributed by atoms with Crippen molar-refractivity contribution >= 4 is 27.4 Å². The highest BCUT2D eigenvalue weighted by atomic mass is 79.9. The van der Waals surface area contributed by atoms with Gasteiger partial charge in [0.15, 0.2) is 5.78 Å². The van der Waals surface area contributed by atoms with E-state index >= 15 is 0 Å². The summed E-state index contributed by atoms with van der Waals surface area (Å²) in [5.74, 6) is 0.494. The SMILES string of the molecule is CCOc1ccc(C)cc1C(=O)c1cccc(N)c1Br. The average Bonchev–Trinajstić information content (AvgIpc) is 2.43. The summed E-state index contributed by atoms with van der Waals surface area (Å²) >= 11 is 3.37. The number of anilines is 1. The number of ether oxygens (including phenoxy) is 1. The molecule has 0 aliphatic rings. The van der Waals surface area contributed by atoms with Crippen LogP contribution in [0, 0.1) is 6.92 Å². The van der Waals surface area contributed by atoms with Crippen LogP contribution in [0.4, 0.5) is 5.69 Å². The second kappa shape index (κ2) is 6.09. The molecule has 2 rings (SSSR count). The average molecular weight is 334 g/mol. The lowest BCUT2D eigenvalue weighted by molar-refractivity contribution is 0.103. The molecule has 2 N–H and O–H groups in total. The van der Waals surface area contributed by atoms with Gasteiger partial charge in [0.25, 0.3) is 0 Å². The van der Waals surface area contributed by atoms with Gasteiger partial charge < -0.3 is 10.5 Å². The highest BCUT2D eigenvalue weighted by molar-refractivity contribution is 9.10. The number of hydrogen-bond acceptors (Lipinski definition) is 3. The van der Waals surface area contributed by atoms with Crippen LogP contribution in [0.1, 0.15) is 28.4 Å². The first-order valence-electron chi connectivity index (χ1n) is 6.36. The fourth-order valence-corrected chi connectivity index (χ4v) is 2.42. The summed E-state index contributed by atoms with van der Waals surface area (Å²) in [6.45, 7) is 4.35. The van der Waals surface area contributed by atoms with Crippen molar-refractivity contribution in [3.63, 3.8) is 0 Å². The number of benzene rings is 2. The molecule has 2 aromatic carbocycles. The molecule has 104 valence electrons. The summed E-state index contributed by atoms with van der Waals surface area (Å²) in [5.41, 5.74) is 8.48. The van der Waals surface area contributed by atoms with E-state index in [1.807, 2.05) is 32.0 Å². The van der Waals surface area contributed by atoms with Crippen molar-refractivity contribution in [2.45, 2.75) is 13.8 Å². The van der Waals surface area contributed by atoms with Crippen LogP contribution in [0.2, 0.25) is 0 Å². The third kappa shape index (κ3) is 2.85. The normalized spacial score (nSPS) is 10.3. The first-order valence-corrected chi connectivity index (χ1v) is 7.16. The maximum absolute atomic E-state index is 12.7. The molecule has 0 aliphatic heterocycles. The number of ketones is 1. The van der Waals surface area contributed by atoms with E-state index in [-0.39, 0.29) is 5.78 Å². The molecule has 0 aliphatic carbocycles. The summed E-state index contributed by atoms with van der Waals surface area (Å²) in [4.78, 5) is 12.7. The quantitative estimate of drug-likeness (QED) is 0.680. The standard InChI is InChI=1S/C16H16BrNO2/c1-3-20-14-8-7-10(2)9-12(14)16(19)11-5-4-6-13(18)15(11)17/h4-9H,3,18H2,1-2H3. The van der Waals surface area contributed by atoms with Crippen molar-refractivity contribution in [3.8, 4) is 5.75 Å². The number of nitrogens with two attached hydrogens (primary N) is 1. The molecular formula is C16H16BrNO2. The lowest BCUT2D eigenvalue weighted by Gasteiger charge is -2.12. The van der Waals surface area contributed by atoms with E-state index in [1.54, 1.807) is 18.2 Å². The number of carbonyl (C=O) groups is 1. The van der Waals surface area contributed by atoms with Crippen LogP contribution < -0.4 is 10.5 Å². The topological polar surface area (TPSA) is 52.3 Å². The fraction of sp³-hybridized carbons (Fsp3) is 0.188. The molecule has 0 radical (unpaired) electrons. The molecule has 0 aromatic heterocycles. The first-order chi connectivity index (χ1) is 9.54. The van der Waals surface area contributed by atoms with Crippen LogP contribution in [0.3, 0.4) is 0 Å². The van der Waals surface area contributed by atoms with Crippen LogP contribution in [0.25, 0.3) is 0 Å². The van der Waals surface area contributed by atoms with Crippen LogP contribution in [-0.2, 0) is 0 Å². The predicted octanol–water partition coefficient (Wildman–Crippen LogP) is 3.97. The fourth-order valence-electron chi connectivity index (χ4n) is 1.97. The van der Waals surface area contributed by atoms with Gasteiger partial charge in [-0.05, 0) is 54.0 Å². The molecule has 0 saturated heterocycles. The number of carbonyl (C=O) groups excluding carboxylic acids is 1. The van der Waals surface area contributed by atoms with E-state index in [2.05, 4.69) is 15.9 Å². The summed E-state index contributed by atoms with van der Waals surface area (Å²) in [6.07, 6.45) is 0. The third-order valence-electron chi connectivity index (χ3n) is 2.95. The lowest BCUT2D eigenvalue weighted by Crippen LogP contribution is -2.07. The minimum absolute atomic E-state index is 0.101. The van der Waals surface area contributed by atoms with Gasteiger partial charge >= 0.3 is 0 Å². The zero-order valence-electron chi connectivity index (χ0n) is 11.4. The van der Waals surface area contributed by atoms with Crippen molar-refractivity contribution < 1.29 is 9.53 Å². The Bertz CT molecular complexity index is 653. The van der Waals surface area contributed by atoms with Crippen LogP contribution in [0.5, 0.6) is 5.75 Å². The Hall–Kier alpha value is -1.81. The summed E-state index contributed by atoms with van der Waals surface area (Å²) in [7, 11) is 0. The molecule has 0 amide bonds. The van der Waals surface area contributed by atoms with Crippen LogP contribution >= 0.6 is 15.9 Å². The van der Waals surface area contributed by atoms with Gasteiger partial charge in [-0.15, -0.1) is 0 Å². The van der Waals surface area contributed by atoms with Gasteiger partial charge in [0.05, 0.1) is 16.6 Å². The van der Waals surface area contributed by atoms with E-state index in [1.165, 1.54) is 0 Å². The molecule has 0 atom stereocenters. The van der Waals surface area contributed by atoms with Gasteiger partial charge in [-0.1, -0.05) is 17.7 Å². The minimum Gasteiger partial charge on any atom is -0.493 e. The number of rotatable bonds is 4. The highest BCUT2D eigenvalue weighted by Gasteiger charge is 2.18. The molecular weight excluding hydrogens is 318 g/mol.